The lowest BCUT2D eigenvalue weighted by Gasteiger charge is -2.07. The number of benzene rings is 2. The number of rotatable bonds is 3. The summed E-state index contributed by atoms with van der Waals surface area (Å²) < 4.78 is 10.9. The molecule has 0 aliphatic heterocycles. The molecule has 0 unspecified atom stereocenters. The number of hydrogen-bond donors (Lipinski definition) is 1. The second kappa shape index (κ2) is 5.30. The Balaban J connectivity index is 2.12. The van der Waals surface area contributed by atoms with E-state index in [0.29, 0.717) is 22.4 Å². The summed E-state index contributed by atoms with van der Waals surface area (Å²) in [5.41, 5.74) is 9.90. The number of halogens is 1. The van der Waals surface area contributed by atoms with Crippen molar-refractivity contribution in [3.63, 3.8) is 0 Å². The number of nitrogens with zero attached hydrogens (tertiary/aromatic N) is 1. The van der Waals surface area contributed by atoms with E-state index in [1.165, 1.54) is 12.7 Å². The number of methoxy groups -OCH3 is 1. The summed E-state index contributed by atoms with van der Waals surface area (Å²) in [4.78, 5) is 4.51. The van der Waals surface area contributed by atoms with Crippen LogP contribution < -0.4 is 10.5 Å². The van der Waals surface area contributed by atoms with Crippen LogP contribution in [0.2, 0.25) is 5.02 Å². The molecular weight excluding hydrogens is 288 g/mol. The Labute approximate surface area is 127 Å². The SMILES string of the molecule is CCc1ccc2oc(-c3cc(N)c(OC)c(Cl)c3)nc2c1. The van der Waals surface area contributed by atoms with E-state index in [2.05, 4.69) is 11.9 Å². The number of fused-ring (bicyclic) bond motifs is 1. The molecule has 1 aromatic heterocycles. The average molecular weight is 303 g/mol. The van der Waals surface area contributed by atoms with E-state index in [0.717, 1.165) is 23.1 Å². The molecule has 4 nitrogen and oxygen atoms in total. The molecule has 3 rings (SSSR count). The number of oxazole rings is 1. The molecule has 0 fully saturated rings. The number of nitrogen functional groups attached to an aromatic ring is 1. The van der Waals surface area contributed by atoms with Gasteiger partial charge in [-0.1, -0.05) is 24.6 Å². The van der Waals surface area contributed by atoms with Crippen molar-refractivity contribution >= 4 is 28.4 Å². The van der Waals surface area contributed by atoms with Gasteiger partial charge in [-0.05, 0) is 36.2 Å². The Bertz CT molecular complexity index is 788. The first kappa shape index (κ1) is 13.8. The summed E-state index contributed by atoms with van der Waals surface area (Å²) in [6.45, 7) is 2.10. The van der Waals surface area contributed by atoms with Crippen molar-refractivity contribution in [1.82, 2.24) is 4.98 Å². The summed E-state index contributed by atoms with van der Waals surface area (Å²) in [6.07, 6.45) is 0.958. The van der Waals surface area contributed by atoms with E-state index in [1.54, 1.807) is 12.1 Å². The normalized spacial score (nSPS) is 11.0. The van der Waals surface area contributed by atoms with Crippen molar-refractivity contribution in [3.8, 4) is 17.2 Å². The van der Waals surface area contributed by atoms with Gasteiger partial charge in [-0.15, -0.1) is 0 Å². The molecule has 1 heterocycles. The topological polar surface area (TPSA) is 61.3 Å². The van der Waals surface area contributed by atoms with Gasteiger partial charge in [-0.25, -0.2) is 4.98 Å². The first-order valence-electron chi connectivity index (χ1n) is 6.65. The summed E-state index contributed by atoms with van der Waals surface area (Å²) in [5.74, 6) is 0.958. The van der Waals surface area contributed by atoms with E-state index < -0.39 is 0 Å². The fourth-order valence-electron chi connectivity index (χ4n) is 2.27. The van der Waals surface area contributed by atoms with Crippen molar-refractivity contribution < 1.29 is 9.15 Å². The third-order valence-corrected chi connectivity index (χ3v) is 3.66. The molecular formula is C16H15ClN2O2. The molecule has 2 N–H and O–H groups in total. The molecule has 21 heavy (non-hydrogen) atoms. The van der Waals surface area contributed by atoms with Gasteiger partial charge in [0.25, 0.3) is 0 Å². The molecule has 2 aromatic carbocycles. The number of aromatic nitrogens is 1. The van der Waals surface area contributed by atoms with Crippen LogP contribution in [-0.4, -0.2) is 12.1 Å². The van der Waals surface area contributed by atoms with E-state index in [9.17, 15) is 0 Å². The molecule has 0 saturated carbocycles. The van der Waals surface area contributed by atoms with Crippen molar-refractivity contribution in [2.24, 2.45) is 0 Å². The van der Waals surface area contributed by atoms with Gasteiger partial charge in [-0.3, -0.25) is 0 Å². The average Bonchev–Trinajstić information content (AvgIpc) is 2.89. The van der Waals surface area contributed by atoms with Crippen molar-refractivity contribution in [1.29, 1.82) is 0 Å². The molecule has 0 atom stereocenters. The highest BCUT2D eigenvalue weighted by Gasteiger charge is 2.13. The van der Waals surface area contributed by atoms with E-state index >= 15 is 0 Å². The van der Waals surface area contributed by atoms with Crippen LogP contribution in [-0.2, 0) is 6.42 Å². The lowest BCUT2D eigenvalue weighted by atomic mass is 10.1. The van der Waals surface area contributed by atoms with E-state index in [-0.39, 0.29) is 0 Å². The van der Waals surface area contributed by atoms with Gasteiger partial charge in [0.15, 0.2) is 11.3 Å². The van der Waals surface area contributed by atoms with Crippen LogP contribution in [0.1, 0.15) is 12.5 Å². The molecule has 0 aliphatic carbocycles. The van der Waals surface area contributed by atoms with Gasteiger partial charge in [0.1, 0.15) is 5.52 Å². The predicted molar refractivity (Wildman–Crippen MR) is 84.8 cm³/mol. The van der Waals surface area contributed by atoms with Crippen LogP contribution in [0.4, 0.5) is 5.69 Å². The minimum atomic E-state index is 0.434. The van der Waals surface area contributed by atoms with Gasteiger partial charge in [0.2, 0.25) is 5.89 Å². The van der Waals surface area contributed by atoms with Crippen LogP contribution in [0.5, 0.6) is 5.75 Å². The molecule has 3 aromatic rings. The smallest absolute Gasteiger partial charge is 0.227 e. The highest BCUT2D eigenvalue weighted by Crippen LogP contribution is 2.36. The molecule has 0 bridgehead atoms. The summed E-state index contributed by atoms with van der Waals surface area (Å²) >= 11 is 6.16. The maximum Gasteiger partial charge on any atom is 0.227 e. The van der Waals surface area contributed by atoms with Gasteiger partial charge in [0, 0.05) is 5.56 Å². The lowest BCUT2D eigenvalue weighted by molar-refractivity contribution is 0.417. The van der Waals surface area contributed by atoms with Crippen molar-refractivity contribution in [2.45, 2.75) is 13.3 Å². The third kappa shape index (κ3) is 2.43. The minimum Gasteiger partial charge on any atom is -0.493 e. The molecule has 0 saturated heterocycles. The maximum absolute atomic E-state index is 6.16. The first-order valence-corrected chi connectivity index (χ1v) is 7.03. The summed E-state index contributed by atoms with van der Waals surface area (Å²) in [5, 5.41) is 0.434. The highest BCUT2D eigenvalue weighted by molar-refractivity contribution is 6.32. The zero-order valence-electron chi connectivity index (χ0n) is 11.8. The Morgan fingerprint density at radius 2 is 2.10 bits per heavy atom. The van der Waals surface area contributed by atoms with Crippen LogP contribution in [0.25, 0.3) is 22.6 Å². The van der Waals surface area contributed by atoms with Gasteiger partial charge in [0.05, 0.1) is 17.8 Å². The van der Waals surface area contributed by atoms with E-state index in [1.807, 2.05) is 18.2 Å². The third-order valence-electron chi connectivity index (χ3n) is 3.38. The number of aryl methyl sites for hydroxylation is 1. The fraction of sp³-hybridized carbons (Fsp3) is 0.188. The van der Waals surface area contributed by atoms with Crippen molar-refractivity contribution in [2.75, 3.05) is 12.8 Å². The van der Waals surface area contributed by atoms with Gasteiger partial charge >= 0.3 is 0 Å². The second-order valence-corrected chi connectivity index (χ2v) is 5.16. The Morgan fingerprint density at radius 1 is 1.29 bits per heavy atom. The number of nitrogens with two attached hydrogens (primary N) is 1. The number of anilines is 1. The van der Waals surface area contributed by atoms with Crippen LogP contribution in [0.15, 0.2) is 34.7 Å². The fourth-order valence-corrected chi connectivity index (χ4v) is 2.57. The Hall–Kier alpha value is -2.20. The zero-order valence-corrected chi connectivity index (χ0v) is 12.6. The number of ether oxygens (including phenoxy) is 1. The molecule has 108 valence electrons. The molecule has 0 spiro atoms. The molecule has 0 amide bonds. The standard InChI is InChI=1S/C16H15ClN2O2/c1-3-9-4-5-14-13(6-9)19-16(21-14)10-7-11(17)15(20-2)12(18)8-10/h4-8H,3,18H2,1-2H3. The van der Waals surface area contributed by atoms with Crippen LogP contribution in [0.3, 0.4) is 0 Å². The summed E-state index contributed by atoms with van der Waals surface area (Å²) in [7, 11) is 1.53. The highest BCUT2D eigenvalue weighted by atomic mass is 35.5. The summed E-state index contributed by atoms with van der Waals surface area (Å²) in [6, 6.07) is 9.47. The number of hydrogen-bond acceptors (Lipinski definition) is 4. The van der Waals surface area contributed by atoms with Gasteiger partial charge in [-0.2, -0.15) is 0 Å². The van der Waals surface area contributed by atoms with Gasteiger partial charge < -0.3 is 14.9 Å². The van der Waals surface area contributed by atoms with Crippen molar-refractivity contribution in [3.05, 3.63) is 40.9 Å². The molecule has 0 radical (unpaired) electrons. The Kier molecular flexibility index (Phi) is 3.47. The minimum absolute atomic E-state index is 0.434. The van der Waals surface area contributed by atoms with Crippen LogP contribution >= 0.6 is 11.6 Å². The maximum atomic E-state index is 6.16. The van der Waals surface area contributed by atoms with E-state index in [4.69, 9.17) is 26.5 Å². The largest absolute Gasteiger partial charge is 0.493 e. The first-order chi connectivity index (χ1) is 10.1. The predicted octanol–water partition coefficient (Wildman–Crippen LogP) is 4.30. The molecule has 5 heteroatoms. The Morgan fingerprint density at radius 3 is 2.76 bits per heavy atom. The molecule has 0 aliphatic rings. The second-order valence-electron chi connectivity index (χ2n) is 4.76. The lowest BCUT2D eigenvalue weighted by Crippen LogP contribution is -1.94. The quantitative estimate of drug-likeness (QED) is 0.733. The monoisotopic (exact) mass is 302 g/mol. The zero-order chi connectivity index (χ0) is 15.0. The van der Waals surface area contributed by atoms with Crippen LogP contribution in [0, 0.1) is 0 Å².